The SMILES string of the molecule is CCOc1ccc(C(C)NC(=NC)NCCN(C)C(C)CC)cc1OCC. The van der Waals surface area contributed by atoms with Crippen LogP contribution in [-0.4, -0.2) is 57.3 Å². The van der Waals surface area contributed by atoms with Gasteiger partial charge in [0.05, 0.1) is 19.3 Å². The number of benzene rings is 1. The highest BCUT2D eigenvalue weighted by Crippen LogP contribution is 2.30. The first-order chi connectivity index (χ1) is 13.0. The predicted molar refractivity (Wildman–Crippen MR) is 114 cm³/mol. The quantitative estimate of drug-likeness (QED) is 0.456. The maximum absolute atomic E-state index is 5.73. The minimum atomic E-state index is 0.0957. The average molecular weight is 379 g/mol. The Balaban J connectivity index is 2.67. The van der Waals surface area contributed by atoms with E-state index in [9.17, 15) is 0 Å². The lowest BCUT2D eigenvalue weighted by molar-refractivity contribution is 0.255. The summed E-state index contributed by atoms with van der Waals surface area (Å²) < 4.78 is 11.4. The van der Waals surface area contributed by atoms with Crippen LogP contribution in [0.25, 0.3) is 0 Å². The molecule has 0 spiro atoms. The molecule has 0 aromatic heterocycles. The number of hydrogen-bond donors (Lipinski definition) is 2. The standard InChI is InChI=1S/C21H38N4O2/c1-8-16(4)25(7)14-13-23-21(22-6)24-17(5)18-11-12-19(26-9-2)20(15-18)27-10-3/h11-12,15-17H,8-10,13-14H2,1-7H3,(H2,22,23,24). The Morgan fingerprint density at radius 1 is 1.11 bits per heavy atom. The van der Waals surface area contributed by atoms with Gasteiger partial charge in [-0.05, 0) is 58.9 Å². The van der Waals surface area contributed by atoms with Gasteiger partial charge in [0.1, 0.15) is 0 Å². The van der Waals surface area contributed by atoms with Crippen LogP contribution in [0.5, 0.6) is 11.5 Å². The first kappa shape index (κ1) is 23.1. The normalized spacial score (nSPS) is 14.0. The minimum Gasteiger partial charge on any atom is -0.490 e. The smallest absolute Gasteiger partial charge is 0.191 e. The number of nitrogens with one attached hydrogen (secondary N) is 2. The maximum Gasteiger partial charge on any atom is 0.191 e. The third kappa shape index (κ3) is 7.67. The zero-order valence-electron chi connectivity index (χ0n) is 18.1. The number of ether oxygens (including phenoxy) is 2. The topological polar surface area (TPSA) is 58.1 Å². The van der Waals surface area contributed by atoms with Crippen molar-refractivity contribution in [3.05, 3.63) is 23.8 Å². The molecule has 2 N–H and O–H groups in total. The van der Waals surface area contributed by atoms with Crippen LogP contribution in [0, 0.1) is 0 Å². The summed E-state index contributed by atoms with van der Waals surface area (Å²) in [6.07, 6.45) is 1.15. The van der Waals surface area contributed by atoms with E-state index in [2.05, 4.69) is 54.4 Å². The molecule has 0 radical (unpaired) electrons. The van der Waals surface area contributed by atoms with Gasteiger partial charge in [-0.3, -0.25) is 4.99 Å². The Morgan fingerprint density at radius 3 is 2.37 bits per heavy atom. The van der Waals surface area contributed by atoms with Crippen molar-refractivity contribution in [3.63, 3.8) is 0 Å². The highest BCUT2D eigenvalue weighted by Gasteiger charge is 2.13. The molecule has 0 fully saturated rings. The fourth-order valence-corrected chi connectivity index (χ4v) is 2.70. The monoisotopic (exact) mass is 378 g/mol. The van der Waals surface area contributed by atoms with Crippen LogP contribution in [0.1, 0.15) is 52.6 Å². The molecule has 1 aromatic rings. The highest BCUT2D eigenvalue weighted by atomic mass is 16.5. The zero-order chi connectivity index (χ0) is 20.2. The summed E-state index contributed by atoms with van der Waals surface area (Å²) >= 11 is 0. The number of likely N-dealkylation sites (N-methyl/N-ethyl adjacent to an activating group) is 1. The molecule has 0 aliphatic carbocycles. The van der Waals surface area contributed by atoms with E-state index >= 15 is 0 Å². The average Bonchev–Trinajstić information content (AvgIpc) is 2.67. The predicted octanol–water partition coefficient (Wildman–Crippen LogP) is 3.44. The lowest BCUT2D eigenvalue weighted by Gasteiger charge is -2.24. The van der Waals surface area contributed by atoms with Crippen LogP contribution >= 0.6 is 0 Å². The zero-order valence-corrected chi connectivity index (χ0v) is 18.1. The van der Waals surface area contributed by atoms with E-state index in [0.717, 1.165) is 42.5 Å². The second kappa shape index (κ2) is 12.4. The van der Waals surface area contributed by atoms with Gasteiger partial charge in [0.2, 0.25) is 0 Å². The second-order valence-electron chi connectivity index (χ2n) is 6.68. The summed E-state index contributed by atoms with van der Waals surface area (Å²) in [4.78, 5) is 6.69. The summed E-state index contributed by atoms with van der Waals surface area (Å²) in [5, 5.41) is 6.84. The Kier molecular flexibility index (Phi) is 10.6. The van der Waals surface area contributed by atoms with Crippen molar-refractivity contribution in [2.45, 2.75) is 53.1 Å². The van der Waals surface area contributed by atoms with E-state index in [0.29, 0.717) is 19.3 Å². The van der Waals surface area contributed by atoms with Gasteiger partial charge in [-0.1, -0.05) is 13.0 Å². The molecule has 0 heterocycles. The van der Waals surface area contributed by atoms with Gasteiger partial charge in [-0.25, -0.2) is 0 Å². The second-order valence-corrected chi connectivity index (χ2v) is 6.68. The van der Waals surface area contributed by atoms with Gasteiger partial charge in [0.25, 0.3) is 0 Å². The molecular weight excluding hydrogens is 340 g/mol. The molecule has 0 bridgehead atoms. The lowest BCUT2D eigenvalue weighted by Crippen LogP contribution is -2.43. The summed E-state index contributed by atoms with van der Waals surface area (Å²) in [6.45, 7) is 13.6. The van der Waals surface area contributed by atoms with E-state index in [1.54, 1.807) is 7.05 Å². The van der Waals surface area contributed by atoms with Crippen molar-refractivity contribution >= 4 is 5.96 Å². The van der Waals surface area contributed by atoms with Crippen LogP contribution in [-0.2, 0) is 0 Å². The van der Waals surface area contributed by atoms with E-state index in [-0.39, 0.29) is 6.04 Å². The molecule has 0 aliphatic heterocycles. The third-order valence-electron chi connectivity index (χ3n) is 4.74. The maximum atomic E-state index is 5.73. The minimum absolute atomic E-state index is 0.0957. The number of guanidine groups is 1. The third-order valence-corrected chi connectivity index (χ3v) is 4.74. The molecule has 2 unspecified atom stereocenters. The van der Waals surface area contributed by atoms with Crippen molar-refractivity contribution in [2.24, 2.45) is 4.99 Å². The van der Waals surface area contributed by atoms with E-state index in [1.165, 1.54) is 0 Å². The number of aliphatic imine (C=N–C) groups is 1. The number of hydrogen-bond acceptors (Lipinski definition) is 4. The Hall–Kier alpha value is -1.95. The van der Waals surface area contributed by atoms with Crippen LogP contribution in [0.2, 0.25) is 0 Å². The molecule has 27 heavy (non-hydrogen) atoms. The van der Waals surface area contributed by atoms with Gasteiger partial charge in [0, 0.05) is 26.2 Å². The fourth-order valence-electron chi connectivity index (χ4n) is 2.70. The van der Waals surface area contributed by atoms with Gasteiger partial charge in [-0.15, -0.1) is 0 Å². The van der Waals surface area contributed by atoms with Crippen LogP contribution < -0.4 is 20.1 Å². The van der Waals surface area contributed by atoms with Gasteiger partial charge in [-0.2, -0.15) is 0 Å². The molecule has 1 rings (SSSR count). The molecule has 0 saturated carbocycles. The van der Waals surface area contributed by atoms with Crippen LogP contribution in [0.3, 0.4) is 0 Å². The fraction of sp³-hybridized carbons (Fsp3) is 0.667. The van der Waals surface area contributed by atoms with E-state index in [1.807, 2.05) is 26.0 Å². The highest BCUT2D eigenvalue weighted by molar-refractivity contribution is 5.80. The summed E-state index contributed by atoms with van der Waals surface area (Å²) in [5.41, 5.74) is 1.13. The van der Waals surface area contributed by atoms with Crippen molar-refractivity contribution in [1.29, 1.82) is 0 Å². The molecule has 1 aromatic carbocycles. The summed E-state index contributed by atoms with van der Waals surface area (Å²) in [5.74, 6) is 2.36. The number of nitrogens with zero attached hydrogens (tertiary/aromatic N) is 2. The molecule has 0 amide bonds. The van der Waals surface area contributed by atoms with Crippen LogP contribution in [0.15, 0.2) is 23.2 Å². The van der Waals surface area contributed by atoms with Gasteiger partial charge < -0.3 is 25.0 Å². The van der Waals surface area contributed by atoms with E-state index < -0.39 is 0 Å². The van der Waals surface area contributed by atoms with Gasteiger partial charge in [0.15, 0.2) is 17.5 Å². The molecule has 6 nitrogen and oxygen atoms in total. The molecular formula is C21H38N4O2. The Morgan fingerprint density at radius 2 is 1.78 bits per heavy atom. The molecule has 154 valence electrons. The van der Waals surface area contributed by atoms with Crippen molar-refractivity contribution in [1.82, 2.24) is 15.5 Å². The Bertz CT molecular complexity index is 577. The summed E-state index contributed by atoms with van der Waals surface area (Å²) in [7, 11) is 3.95. The van der Waals surface area contributed by atoms with Gasteiger partial charge >= 0.3 is 0 Å². The molecule has 2 atom stereocenters. The first-order valence-corrected chi connectivity index (χ1v) is 10.0. The summed E-state index contributed by atoms with van der Waals surface area (Å²) in [6, 6.07) is 6.75. The van der Waals surface area contributed by atoms with Crippen molar-refractivity contribution in [2.75, 3.05) is 40.4 Å². The number of rotatable bonds is 11. The van der Waals surface area contributed by atoms with E-state index in [4.69, 9.17) is 9.47 Å². The molecule has 6 heteroatoms. The molecule has 0 saturated heterocycles. The van der Waals surface area contributed by atoms with Crippen LogP contribution in [0.4, 0.5) is 0 Å². The first-order valence-electron chi connectivity index (χ1n) is 10.0. The Labute approximate surface area is 165 Å². The van der Waals surface area contributed by atoms with Crippen molar-refractivity contribution < 1.29 is 9.47 Å². The molecule has 0 aliphatic rings. The lowest BCUT2D eigenvalue weighted by atomic mass is 10.1. The largest absolute Gasteiger partial charge is 0.490 e. The van der Waals surface area contributed by atoms with Crippen molar-refractivity contribution in [3.8, 4) is 11.5 Å².